The fourth-order valence-corrected chi connectivity index (χ4v) is 6.29. The Bertz CT molecular complexity index is 931. The van der Waals surface area contributed by atoms with Gasteiger partial charge >= 0.3 is 58.0 Å². The molecule has 5 nitrogen and oxygen atoms in total. The van der Waals surface area contributed by atoms with Gasteiger partial charge in [-0.3, -0.25) is 11.7 Å². The zero-order valence-electron chi connectivity index (χ0n) is 21.0. The molecular weight excluding hydrogens is 495 g/mol. The van der Waals surface area contributed by atoms with E-state index in [1.165, 1.54) is 35.6 Å². The summed E-state index contributed by atoms with van der Waals surface area (Å²) in [6, 6.07) is 6.90. The van der Waals surface area contributed by atoms with Crippen LogP contribution in [0.15, 0.2) is 24.3 Å². The van der Waals surface area contributed by atoms with Gasteiger partial charge in [-0.25, -0.2) is 0 Å². The van der Waals surface area contributed by atoms with Crippen molar-refractivity contribution in [2.24, 2.45) is 5.92 Å². The summed E-state index contributed by atoms with van der Waals surface area (Å²) in [5.74, 6) is 3.28. The van der Waals surface area contributed by atoms with Gasteiger partial charge in [-0.2, -0.15) is 25.6 Å². The van der Waals surface area contributed by atoms with Crippen molar-refractivity contribution in [1.29, 1.82) is 0 Å². The number of benzene rings is 1. The van der Waals surface area contributed by atoms with Crippen molar-refractivity contribution in [3.63, 3.8) is 0 Å². The molecule has 9 heteroatoms. The zero-order chi connectivity index (χ0) is 24.0. The summed E-state index contributed by atoms with van der Waals surface area (Å²) in [6.45, 7) is 1.98. The Labute approximate surface area is 254 Å². The number of alkyl halides is 2. The van der Waals surface area contributed by atoms with Gasteiger partial charge in [-0.15, -0.1) is 0 Å². The van der Waals surface area contributed by atoms with E-state index in [4.69, 9.17) is 9.84 Å². The standard InChI is InChI=1S/C20H24F2N2O2.C6H12NS.K/c21-20(22)26-16-5-3-4-15(12-16)19-17-6-1-2-7-18(17)24(23-19)13-14-8-10-25-11-9-14;1-6(7-2)3-4-8-5-6;/h3-5,12,14,20H,1-2,6-11,13H2;7H,2-5H2,1H3;/q;-1;+1/t;6-;/m.0./s1. The molecule has 2 fully saturated rings. The second-order valence-corrected chi connectivity index (χ2v) is 10.8. The normalized spacial score (nSPS) is 22.2. The molecule has 1 aromatic carbocycles. The second kappa shape index (κ2) is 14.2. The molecule has 1 N–H and O–H groups in total. The Morgan fingerprint density at radius 2 is 2.06 bits per heavy atom. The van der Waals surface area contributed by atoms with Crippen LogP contribution in [0.2, 0.25) is 0 Å². The fourth-order valence-electron chi connectivity index (χ4n) is 4.85. The molecule has 3 aliphatic rings. The Hall–Kier alpha value is -0.00364. The molecule has 2 aliphatic heterocycles. The summed E-state index contributed by atoms with van der Waals surface area (Å²) in [5.41, 5.74) is 4.71. The molecule has 5 rings (SSSR count). The average Bonchev–Trinajstić information content (AvgIpc) is 3.45. The fraction of sp³-hybridized carbons (Fsp3) is 0.615. The summed E-state index contributed by atoms with van der Waals surface area (Å²) >= 11 is 2.00. The van der Waals surface area contributed by atoms with Gasteiger partial charge in [0.25, 0.3) is 0 Å². The third-order valence-electron chi connectivity index (χ3n) is 7.01. The Kier molecular flexibility index (Phi) is 12.0. The molecule has 1 aliphatic carbocycles. The average molecular weight is 532 g/mol. The van der Waals surface area contributed by atoms with Crippen LogP contribution in [0.5, 0.6) is 5.75 Å². The molecule has 2 aromatic rings. The first-order chi connectivity index (χ1) is 16.5. The minimum atomic E-state index is -2.81. The van der Waals surface area contributed by atoms with E-state index < -0.39 is 6.61 Å². The van der Waals surface area contributed by atoms with E-state index in [0.717, 1.165) is 63.1 Å². The number of thioether (sulfide) groups is 1. The summed E-state index contributed by atoms with van der Waals surface area (Å²) in [7, 11) is 3.68. The third-order valence-corrected chi connectivity index (χ3v) is 8.34. The largest absolute Gasteiger partial charge is 1.00 e. The Morgan fingerprint density at radius 3 is 2.71 bits per heavy atom. The first kappa shape index (κ1) is 29.6. The molecule has 0 radical (unpaired) electrons. The number of ether oxygens (including phenoxy) is 2. The van der Waals surface area contributed by atoms with Gasteiger partial charge in [-0.1, -0.05) is 12.1 Å². The SMILES string of the molecule is FC(F)Oc1cccc(-c2nn(CC3CCOCC3)c3c2CCCC3)c1.[CH2-]N[C@@]1(C)CCSC1.[K+]. The molecule has 1 aromatic heterocycles. The smallest absolute Gasteiger partial charge is 0.467 e. The molecule has 1 atom stereocenters. The minimum Gasteiger partial charge on any atom is -0.467 e. The van der Waals surface area contributed by atoms with Crippen molar-refractivity contribution in [2.45, 2.75) is 70.6 Å². The van der Waals surface area contributed by atoms with E-state index in [-0.39, 0.29) is 57.1 Å². The van der Waals surface area contributed by atoms with Crippen LogP contribution in [0.1, 0.15) is 50.3 Å². The molecule has 0 bridgehead atoms. The van der Waals surface area contributed by atoms with E-state index in [0.29, 0.717) is 11.5 Å². The molecule has 0 unspecified atom stereocenters. The topological polar surface area (TPSA) is 48.3 Å². The van der Waals surface area contributed by atoms with Crippen LogP contribution in [0, 0.1) is 13.0 Å². The van der Waals surface area contributed by atoms with Crippen molar-refractivity contribution in [1.82, 2.24) is 15.1 Å². The second-order valence-electron chi connectivity index (χ2n) is 9.67. The van der Waals surface area contributed by atoms with Crippen LogP contribution in [0.3, 0.4) is 0 Å². The quantitative estimate of drug-likeness (QED) is 0.459. The number of nitrogens with zero attached hydrogens (tertiary/aromatic N) is 2. The number of rotatable bonds is 6. The van der Waals surface area contributed by atoms with Crippen molar-refractivity contribution in [2.75, 3.05) is 24.7 Å². The van der Waals surface area contributed by atoms with Gasteiger partial charge in [0.05, 0.1) is 5.69 Å². The summed E-state index contributed by atoms with van der Waals surface area (Å²) in [4.78, 5) is 0. The van der Waals surface area contributed by atoms with Gasteiger partial charge in [0.2, 0.25) is 0 Å². The summed E-state index contributed by atoms with van der Waals surface area (Å²) in [5, 5.41) is 7.98. The van der Waals surface area contributed by atoms with Gasteiger partial charge < -0.3 is 14.8 Å². The van der Waals surface area contributed by atoms with Crippen molar-refractivity contribution < 1.29 is 69.6 Å². The maximum atomic E-state index is 12.5. The van der Waals surface area contributed by atoms with E-state index in [1.807, 2.05) is 17.8 Å². The Balaban J connectivity index is 0.000000325. The van der Waals surface area contributed by atoms with Crippen LogP contribution in [0.4, 0.5) is 8.78 Å². The Morgan fingerprint density at radius 1 is 1.29 bits per heavy atom. The van der Waals surface area contributed by atoms with E-state index in [1.54, 1.807) is 18.2 Å². The molecule has 0 spiro atoms. The molecule has 188 valence electrons. The number of aromatic nitrogens is 2. The van der Waals surface area contributed by atoms with Crippen LogP contribution in [-0.2, 0) is 24.1 Å². The summed E-state index contributed by atoms with van der Waals surface area (Å²) < 4.78 is 37.3. The number of halogens is 2. The van der Waals surface area contributed by atoms with Crippen LogP contribution >= 0.6 is 11.8 Å². The van der Waals surface area contributed by atoms with Crippen molar-refractivity contribution in [3.05, 3.63) is 42.6 Å². The molecule has 0 saturated carbocycles. The van der Waals surface area contributed by atoms with E-state index >= 15 is 0 Å². The first-order valence-corrected chi connectivity index (χ1v) is 13.5. The van der Waals surface area contributed by atoms with Crippen molar-refractivity contribution in [3.8, 4) is 17.0 Å². The number of hydrogen-bond acceptors (Lipinski definition) is 5. The molecule has 0 amide bonds. The van der Waals surface area contributed by atoms with Gasteiger partial charge in [0, 0.05) is 42.3 Å². The molecule has 35 heavy (non-hydrogen) atoms. The van der Waals surface area contributed by atoms with Gasteiger partial charge in [-0.05, 0) is 81.2 Å². The van der Waals surface area contributed by atoms with E-state index in [2.05, 4.69) is 28.7 Å². The maximum absolute atomic E-state index is 12.5. The van der Waals surface area contributed by atoms with Gasteiger partial charge in [0.15, 0.2) is 0 Å². The van der Waals surface area contributed by atoms with Crippen LogP contribution in [-0.4, -0.2) is 46.7 Å². The number of hydrogen-bond donors (Lipinski definition) is 1. The van der Waals surface area contributed by atoms with Gasteiger partial charge in [0.1, 0.15) is 5.75 Å². The third kappa shape index (κ3) is 8.24. The van der Waals surface area contributed by atoms with Crippen LogP contribution in [0.25, 0.3) is 11.3 Å². The predicted octanol–water partition coefficient (Wildman–Crippen LogP) is 2.72. The summed E-state index contributed by atoms with van der Waals surface area (Å²) in [6.07, 6.45) is 7.78. The van der Waals surface area contributed by atoms with E-state index in [9.17, 15) is 8.78 Å². The number of fused-ring (bicyclic) bond motifs is 1. The monoisotopic (exact) mass is 531 g/mol. The maximum Gasteiger partial charge on any atom is 1.00 e. The minimum absolute atomic E-state index is 0. The van der Waals surface area contributed by atoms with Crippen LogP contribution < -0.4 is 61.4 Å². The predicted molar refractivity (Wildman–Crippen MR) is 133 cm³/mol. The molecular formula is C26H36F2KN3O2S. The van der Waals surface area contributed by atoms with Crippen molar-refractivity contribution >= 4 is 11.8 Å². The first-order valence-electron chi connectivity index (χ1n) is 12.3. The molecule has 3 heterocycles. The molecule has 2 saturated heterocycles. The number of nitrogens with one attached hydrogen (secondary N) is 1. The zero-order valence-corrected chi connectivity index (χ0v) is 25.0.